The van der Waals surface area contributed by atoms with Gasteiger partial charge in [-0.3, -0.25) is 9.99 Å². The second-order valence-electron chi connectivity index (χ2n) is 5.93. The summed E-state index contributed by atoms with van der Waals surface area (Å²) in [5.74, 6) is 0.696. The molecule has 1 N–H and O–H groups in total. The number of benzene rings is 1. The van der Waals surface area contributed by atoms with Crippen LogP contribution in [0.3, 0.4) is 0 Å². The fourth-order valence-corrected chi connectivity index (χ4v) is 2.99. The predicted octanol–water partition coefficient (Wildman–Crippen LogP) is 3.59. The normalized spacial score (nSPS) is 16.0. The number of aryl methyl sites for hydroxylation is 2. The molecule has 2 aromatic rings. The fraction of sp³-hybridized carbons (Fsp3) is 0.158. The van der Waals surface area contributed by atoms with Crippen molar-refractivity contribution in [1.82, 2.24) is 15.4 Å². The molecular formula is C19H17FN4. The Morgan fingerprint density at radius 1 is 1.17 bits per heavy atom. The molecule has 0 saturated heterocycles. The number of nitrogens with zero attached hydrogens (tertiary/aromatic N) is 3. The van der Waals surface area contributed by atoms with Crippen molar-refractivity contribution >= 4 is 11.4 Å². The largest absolute Gasteiger partial charge is 0.266 e. The fourth-order valence-electron chi connectivity index (χ4n) is 2.99. The molecule has 24 heavy (non-hydrogen) atoms. The van der Waals surface area contributed by atoms with E-state index in [1.807, 2.05) is 48.5 Å². The number of amidine groups is 1. The monoisotopic (exact) mass is 320 g/mol. The Morgan fingerprint density at radius 2 is 2.04 bits per heavy atom. The van der Waals surface area contributed by atoms with Crippen LogP contribution in [0.2, 0.25) is 0 Å². The predicted molar refractivity (Wildman–Crippen MR) is 93.5 cm³/mol. The van der Waals surface area contributed by atoms with Gasteiger partial charge in [0, 0.05) is 23.5 Å². The van der Waals surface area contributed by atoms with Crippen molar-refractivity contribution in [3.05, 3.63) is 71.3 Å². The molecule has 4 nitrogen and oxygen atoms in total. The van der Waals surface area contributed by atoms with E-state index in [0.717, 1.165) is 33.8 Å². The summed E-state index contributed by atoms with van der Waals surface area (Å²) in [4.78, 5) is 8.99. The average Bonchev–Trinajstić information content (AvgIpc) is 3.06. The molecule has 1 aromatic heterocycles. The van der Waals surface area contributed by atoms with E-state index in [2.05, 4.69) is 15.4 Å². The van der Waals surface area contributed by atoms with Crippen LogP contribution < -0.4 is 5.43 Å². The third-order valence-corrected chi connectivity index (χ3v) is 4.30. The van der Waals surface area contributed by atoms with Gasteiger partial charge >= 0.3 is 0 Å². The molecule has 1 aromatic carbocycles. The highest BCUT2D eigenvalue weighted by Gasteiger charge is 2.19. The zero-order chi connectivity index (χ0) is 16.7. The second kappa shape index (κ2) is 5.69. The van der Waals surface area contributed by atoms with Crippen molar-refractivity contribution in [1.29, 1.82) is 0 Å². The van der Waals surface area contributed by atoms with Crippen LogP contribution >= 0.6 is 0 Å². The van der Waals surface area contributed by atoms with Crippen LogP contribution in [0.5, 0.6) is 0 Å². The van der Waals surface area contributed by atoms with Gasteiger partial charge in [0.15, 0.2) is 0 Å². The van der Waals surface area contributed by atoms with Crippen molar-refractivity contribution in [3.8, 4) is 11.3 Å². The number of fused-ring (bicyclic) bond motifs is 1. The molecule has 0 radical (unpaired) electrons. The van der Waals surface area contributed by atoms with Crippen molar-refractivity contribution in [2.24, 2.45) is 4.99 Å². The molecule has 0 atom stereocenters. The minimum atomic E-state index is -0.187. The zero-order valence-electron chi connectivity index (χ0n) is 13.5. The third kappa shape index (κ3) is 2.43. The Bertz CT molecular complexity index is 912. The number of allylic oxidation sites excluding steroid dienone is 2. The quantitative estimate of drug-likeness (QED) is 0.919. The maximum absolute atomic E-state index is 13.8. The molecule has 2 aliphatic heterocycles. The molecule has 0 aliphatic carbocycles. The first-order valence-electron chi connectivity index (χ1n) is 7.83. The number of hydrogen-bond donors (Lipinski definition) is 1. The number of hydrogen-bond acceptors (Lipinski definition) is 4. The molecule has 5 heteroatoms. The molecule has 3 heterocycles. The maximum Gasteiger partial charge on any atom is 0.144 e. The second-order valence-corrected chi connectivity index (χ2v) is 5.93. The zero-order valence-corrected chi connectivity index (χ0v) is 13.5. The van der Waals surface area contributed by atoms with Crippen molar-refractivity contribution in [2.75, 3.05) is 6.67 Å². The Hall–Kier alpha value is -2.79. The van der Waals surface area contributed by atoms with E-state index in [4.69, 9.17) is 0 Å². The minimum Gasteiger partial charge on any atom is -0.266 e. The average molecular weight is 320 g/mol. The van der Waals surface area contributed by atoms with E-state index < -0.39 is 0 Å². The van der Waals surface area contributed by atoms with Gasteiger partial charge in [-0.2, -0.15) is 0 Å². The first-order valence-corrected chi connectivity index (χ1v) is 7.83. The van der Waals surface area contributed by atoms with Crippen LogP contribution in [-0.4, -0.2) is 22.5 Å². The van der Waals surface area contributed by atoms with E-state index >= 15 is 0 Å². The Labute approximate surface area is 140 Å². The van der Waals surface area contributed by atoms with Gasteiger partial charge in [-0.05, 0) is 60.9 Å². The standard InChI is InChI=1S/C19H17FN4/c1-12-9-17(20)13(2)8-16(12)19-15(4-3-6-21-19)14-5-7-24-18(10-14)22-11-23-24/h3-10,23H,11H2,1-2H3. The first kappa shape index (κ1) is 14.8. The van der Waals surface area contributed by atoms with Gasteiger partial charge in [0.2, 0.25) is 0 Å². The van der Waals surface area contributed by atoms with E-state index in [-0.39, 0.29) is 5.82 Å². The van der Waals surface area contributed by atoms with Crippen LogP contribution in [0.1, 0.15) is 16.7 Å². The molecule has 0 saturated carbocycles. The molecule has 0 fully saturated rings. The molecular weight excluding hydrogens is 303 g/mol. The molecule has 4 rings (SSSR count). The molecule has 0 bridgehead atoms. The van der Waals surface area contributed by atoms with E-state index in [9.17, 15) is 4.39 Å². The lowest BCUT2D eigenvalue weighted by atomic mass is 9.94. The Kier molecular flexibility index (Phi) is 3.50. The lowest BCUT2D eigenvalue weighted by Crippen LogP contribution is -2.32. The SMILES string of the molecule is Cc1cc(-c2ncccc2C2=CC3=NCNN3C=C2)c(C)cc1F. The summed E-state index contributed by atoms with van der Waals surface area (Å²) in [6, 6.07) is 7.39. The maximum atomic E-state index is 13.8. The molecule has 0 amide bonds. The summed E-state index contributed by atoms with van der Waals surface area (Å²) in [6.45, 7) is 4.27. The summed E-state index contributed by atoms with van der Waals surface area (Å²) >= 11 is 0. The number of pyridine rings is 1. The van der Waals surface area contributed by atoms with E-state index in [1.54, 1.807) is 19.2 Å². The summed E-state index contributed by atoms with van der Waals surface area (Å²) in [7, 11) is 0. The Balaban J connectivity index is 1.86. The number of nitrogens with one attached hydrogen (secondary N) is 1. The van der Waals surface area contributed by atoms with Gasteiger partial charge < -0.3 is 0 Å². The van der Waals surface area contributed by atoms with Crippen molar-refractivity contribution in [2.45, 2.75) is 13.8 Å². The van der Waals surface area contributed by atoms with Gasteiger partial charge in [-0.15, -0.1) is 0 Å². The molecule has 0 unspecified atom stereocenters. The number of aliphatic imine (C=N–C) groups is 1. The highest BCUT2D eigenvalue weighted by Crippen LogP contribution is 2.32. The lowest BCUT2D eigenvalue weighted by Gasteiger charge is -2.20. The summed E-state index contributed by atoms with van der Waals surface area (Å²) in [5.41, 5.74) is 8.50. The van der Waals surface area contributed by atoms with Crippen molar-refractivity contribution < 1.29 is 4.39 Å². The van der Waals surface area contributed by atoms with Gasteiger partial charge in [0.1, 0.15) is 18.3 Å². The molecule has 120 valence electrons. The van der Waals surface area contributed by atoms with Crippen LogP contribution in [0.4, 0.5) is 4.39 Å². The van der Waals surface area contributed by atoms with Crippen LogP contribution in [0.15, 0.2) is 53.8 Å². The summed E-state index contributed by atoms with van der Waals surface area (Å²) < 4.78 is 13.8. The minimum absolute atomic E-state index is 0.187. The van der Waals surface area contributed by atoms with Gasteiger partial charge in [0.25, 0.3) is 0 Å². The highest BCUT2D eigenvalue weighted by molar-refractivity contribution is 6.05. The van der Waals surface area contributed by atoms with Crippen LogP contribution in [0, 0.1) is 19.7 Å². The van der Waals surface area contributed by atoms with E-state index in [1.165, 1.54) is 0 Å². The summed E-state index contributed by atoms with van der Waals surface area (Å²) in [5, 5.41) is 1.90. The van der Waals surface area contributed by atoms with Crippen LogP contribution in [-0.2, 0) is 0 Å². The van der Waals surface area contributed by atoms with E-state index in [0.29, 0.717) is 12.2 Å². The first-order chi connectivity index (χ1) is 11.6. The number of hydrazine groups is 1. The third-order valence-electron chi connectivity index (χ3n) is 4.30. The number of aromatic nitrogens is 1. The highest BCUT2D eigenvalue weighted by atomic mass is 19.1. The molecule has 2 aliphatic rings. The van der Waals surface area contributed by atoms with Gasteiger partial charge in [0.05, 0.1) is 5.69 Å². The number of rotatable bonds is 2. The van der Waals surface area contributed by atoms with Gasteiger partial charge in [-0.25, -0.2) is 14.8 Å². The topological polar surface area (TPSA) is 40.5 Å². The number of halogens is 1. The smallest absolute Gasteiger partial charge is 0.144 e. The lowest BCUT2D eigenvalue weighted by molar-refractivity contribution is 0.453. The Morgan fingerprint density at radius 3 is 2.92 bits per heavy atom. The van der Waals surface area contributed by atoms with Gasteiger partial charge in [-0.1, -0.05) is 6.07 Å². The summed E-state index contributed by atoms with van der Waals surface area (Å²) in [6.07, 6.45) is 7.79. The molecule has 0 spiro atoms. The van der Waals surface area contributed by atoms with Crippen LogP contribution in [0.25, 0.3) is 16.8 Å². The van der Waals surface area contributed by atoms with Crippen molar-refractivity contribution in [3.63, 3.8) is 0 Å².